The number of rotatable bonds is 2. The molecule has 0 radical (unpaired) electrons. The third-order valence-corrected chi connectivity index (χ3v) is 2.88. The summed E-state index contributed by atoms with van der Waals surface area (Å²) in [5, 5.41) is 0. The minimum absolute atomic E-state index is 0.0683. The molecule has 3 N–H and O–H groups in total. The Labute approximate surface area is 96.9 Å². The molecule has 0 aliphatic heterocycles. The van der Waals surface area contributed by atoms with Crippen LogP contribution in [-0.4, -0.2) is 9.97 Å². The van der Waals surface area contributed by atoms with Crippen LogP contribution < -0.4 is 5.73 Å². The van der Waals surface area contributed by atoms with Crippen molar-refractivity contribution in [2.24, 2.45) is 5.73 Å². The average Bonchev–Trinajstić information content (AvgIpc) is 2.67. The van der Waals surface area contributed by atoms with E-state index < -0.39 is 0 Å². The van der Waals surface area contributed by atoms with Gasteiger partial charge in [0.25, 0.3) is 0 Å². The maximum Gasteiger partial charge on any atom is 0.123 e. The van der Waals surface area contributed by atoms with Crippen LogP contribution in [-0.2, 0) is 0 Å². The van der Waals surface area contributed by atoms with Crippen LogP contribution in [0.4, 0.5) is 0 Å². The number of nitrogens with zero attached hydrogens (tertiary/aromatic N) is 1. The molecule has 1 aromatic heterocycles. The van der Waals surface area contributed by atoms with Crippen LogP contribution in [0.1, 0.15) is 18.8 Å². The second-order valence-electron chi connectivity index (χ2n) is 3.45. The highest BCUT2D eigenvalue weighted by atomic mass is 79.9. The highest BCUT2D eigenvalue weighted by Gasteiger charge is 2.08. The van der Waals surface area contributed by atoms with Crippen molar-refractivity contribution in [1.29, 1.82) is 0 Å². The Kier molecular flexibility index (Phi) is 2.88. The zero-order valence-electron chi connectivity index (χ0n) is 8.37. The summed E-state index contributed by atoms with van der Waals surface area (Å²) < 4.78 is 1.05. The molecular weight excluding hydrogens is 254 g/mol. The number of H-pyrrole nitrogens is 1. The van der Waals surface area contributed by atoms with Crippen molar-refractivity contribution in [2.45, 2.75) is 13.0 Å². The second-order valence-corrected chi connectivity index (χ2v) is 4.30. The fourth-order valence-electron chi connectivity index (χ4n) is 1.38. The molecule has 1 atom stereocenters. The number of benzene rings is 1. The van der Waals surface area contributed by atoms with Gasteiger partial charge in [0, 0.05) is 10.0 Å². The van der Waals surface area contributed by atoms with Crippen LogP contribution in [0.3, 0.4) is 0 Å². The Morgan fingerprint density at radius 2 is 2.13 bits per heavy atom. The van der Waals surface area contributed by atoms with E-state index in [1.165, 1.54) is 0 Å². The van der Waals surface area contributed by atoms with Crippen molar-refractivity contribution in [3.05, 3.63) is 40.8 Å². The predicted molar refractivity (Wildman–Crippen MR) is 64.3 cm³/mol. The maximum absolute atomic E-state index is 5.74. The fraction of sp³-hybridized carbons (Fsp3) is 0.182. The molecule has 0 aliphatic rings. The Morgan fingerprint density at radius 3 is 2.73 bits per heavy atom. The summed E-state index contributed by atoms with van der Waals surface area (Å²) in [6.07, 6.45) is 1.80. The van der Waals surface area contributed by atoms with E-state index in [9.17, 15) is 0 Å². The molecule has 0 bridgehead atoms. The van der Waals surface area contributed by atoms with Crippen LogP contribution in [0, 0.1) is 0 Å². The third-order valence-electron chi connectivity index (χ3n) is 2.19. The number of hydrogen-bond acceptors (Lipinski definition) is 2. The topological polar surface area (TPSA) is 54.7 Å². The molecule has 4 heteroatoms. The molecule has 1 unspecified atom stereocenters. The molecule has 2 rings (SSSR count). The van der Waals surface area contributed by atoms with E-state index in [1.807, 2.05) is 31.2 Å². The van der Waals surface area contributed by atoms with Crippen LogP contribution >= 0.6 is 15.9 Å². The average molecular weight is 266 g/mol. The first-order chi connectivity index (χ1) is 7.18. The Bertz CT molecular complexity index is 462. The van der Waals surface area contributed by atoms with Gasteiger partial charge in [0.05, 0.1) is 17.9 Å². The highest BCUT2D eigenvalue weighted by Crippen LogP contribution is 2.26. The van der Waals surface area contributed by atoms with Gasteiger partial charge in [-0.25, -0.2) is 4.98 Å². The Hall–Kier alpha value is -1.13. The summed E-state index contributed by atoms with van der Waals surface area (Å²) in [7, 11) is 0. The lowest BCUT2D eigenvalue weighted by atomic mass is 10.2. The van der Waals surface area contributed by atoms with Gasteiger partial charge in [0.15, 0.2) is 0 Å². The molecule has 15 heavy (non-hydrogen) atoms. The zero-order chi connectivity index (χ0) is 10.8. The summed E-state index contributed by atoms with van der Waals surface area (Å²) in [5.74, 6) is 0.806. The van der Waals surface area contributed by atoms with Gasteiger partial charge in [-0.15, -0.1) is 0 Å². The largest absolute Gasteiger partial charge is 0.341 e. The van der Waals surface area contributed by atoms with Crippen molar-refractivity contribution >= 4 is 15.9 Å². The van der Waals surface area contributed by atoms with Gasteiger partial charge in [0.2, 0.25) is 0 Å². The molecule has 0 aliphatic carbocycles. The number of aromatic amines is 1. The number of nitrogens with two attached hydrogens (primary N) is 1. The lowest BCUT2D eigenvalue weighted by molar-refractivity contribution is 0.756. The van der Waals surface area contributed by atoms with E-state index in [2.05, 4.69) is 25.9 Å². The first-order valence-corrected chi connectivity index (χ1v) is 5.53. The lowest BCUT2D eigenvalue weighted by Crippen LogP contribution is -2.06. The summed E-state index contributed by atoms with van der Waals surface area (Å²) in [6, 6.07) is 7.94. The lowest BCUT2D eigenvalue weighted by Gasteiger charge is -2.01. The number of imidazole rings is 1. The normalized spacial score (nSPS) is 12.7. The fourth-order valence-corrected chi connectivity index (χ4v) is 1.88. The van der Waals surface area contributed by atoms with Gasteiger partial charge in [-0.05, 0) is 13.0 Å². The molecule has 0 amide bonds. The van der Waals surface area contributed by atoms with Gasteiger partial charge in [0.1, 0.15) is 5.82 Å². The summed E-state index contributed by atoms with van der Waals surface area (Å²) in [4.78, 5) is 7.44. The standard InChI is InChI=1S/C11H12BrN3/c1-7(13)11-14-6-10(15-11)8-4-2-3-5-9(8)12/h2-7H,13H2,1H3,(H,14,15). The van der Waals surface area contributed by atoms with E-state index in [1.54, 1.807) is 6.20 Å². The monoisotopic (exact) mass is 265 g/mol. The van der Waals surface area contributed by atoms with Crippen molar-refractivity contribution in [2.75, 3.05) is 0 Å². The van der Waals surface area contributed by atoms with E-state index in [4.69, 9.17) is 5.73 Å². The molecule has 3 nitrogen and oxygen atoms in total. The number of halogens is 1. The van der Waals surface area contributed by atoms with Gasteiger partial charge >= 0.3 is 0 Å². The number of aromatic nitrogens is 2. The molecule has 0 saturated heterocycles. The minimum atomic E-state index is -0.0683. The zero-order valence-corrected chi connectivity index (χ0v) is 9.95. The first-order valence-electron chi connectivity index (χ1n) is 4.74. The van der Waals surface area contributed by atoms with Crippen LogP contribution in [0.5, 0.6) is 0 Å². The van der Waals surface area contributed by atoms with E-state index in [-0.39, 0.29) is 6.04 Å². The SMILES string of the molecule is CC(N)c1ncc(-c2ccccc2Br)[nH]1. The molecule has 78 valence electrons. The molecule has 0 saturated carbocycles. The Morgan fingerprint density at radius 1 is 1.40 bits per heavy atom. The third kappa shape index (κ3) is 2.11. The molecule has 0 fully saturated rings. The molecule has 0 spiro atoms. The molecular formula is C11H12BrN3. The summed E-state index contributed by atoms with van der Waals surface area (Å²) >= 11 is 3.50. The van der Waals surface area contributed by atoms with Crippen LogP contribution in [0.15, 0.2) is 34.9 Å². The quantitative estimate of drug-likeness (QED) is 0.878. The van der Waals surface area contributed by atoms with Crippen LogP contribution in [0.2, 0.25) is 0 Å². The summed E-state index contributed by atoms with van der Waals surface area (Å²) in [6.45, 7) is 1.91. The maximum atomic E-state index is 5.74. The number of hydrogen-bond donors (Lipinski definition) is 2. The molecule has 1 heterocycles. The van der Waals surface area contributed by atoms with E-state index in [0.29, 0.717) is 0 Å². The van der Waals surface area contributed by atoms with Gasteiger partial charge in [-0.1, -0.05) is 34.1 Å². The predicted octanol–water partition coefficient (Wildman–Crippen LogP) is 2.86. The molecule has 1 aromatic carbocycles. The Balaban J connectivity index is 2.42. The van der Waals surface area contributed by atoms with Gasteiger partial charge in [-0.2, -0.15) is 0 Å². The van der Waals surface area contributed by atoms with Crippen molar-refractivity contribution in [3.8, 4) is 11.3 Å². The van der Waals surface area contributed by atoms with Crippen LogP contribution in [0.25, 0.3) is 11.3 Å². The minimum Gasteiger partial charge on any atom is -0.341 e. The van der Waals surface area contributed by atoms with E-state index >= 15 is 0 Å². The molecule has 2 aromatic rings. The second kappa shape index (κ2) is 4.16. The van der Waals surface area contributed by atoms with Crippen molar-refractivity contribution in [1.82, 2.24) is 9.97 Å². The van der Waals surface area contributed by atoms with Crippen molar-refractivity contribution < 1.29 is 0 Å². The van der Waals surface area contributed by atoms with Crippen molar-refractivity contribution in [3.63, 3.8) is 0 Å². The first kappa shape index (κ1) is 10.4. The number of nitrogens with one attached hydrogen (secondary N) is 1. The van der Waals surface area contributed by atoms with Gasteiger partial charge < -0.3 is 10.7 Å². The highest BCUT2D eigenvalue weighted by molar-refractivity contribution is 9.10. The van der Waals surface area contributed by atoms with Gasteiger partial charge in [-0.3, -0.25) is 0 Å². The summed E-state index contributed by atoms with van der Waals surface area (Å²) in [5.41, 5.74) is 7.81. The smallest absolute Gasteiger partial charge is 0.123 e. The van der Waals surface area contributed by atoms with E-state index in [0.717, 1.165) is 21.6 Å².